The second kappa shape index (κ2) is 5.90. The maximum atomic E-state index is 13.7. The lowest BCUT2D eigenvalue weighted by atomic mass is 10.1. The van der Waals surface area contributed by atoms with Crippen molar-refractivity contribution in [2.45, 2.75) is 30.2 Å². The van der Waals surface area contributed by atoms with E-state index in [0.29, 0.717) is 12.8 Å². The van der Waals surface area contributed by atoms with Gasteiger partial charge in [-0.3, -0.25) is 0 Å². The highest BCUT2D eigenvalue weighted by molar-refractivity contribution is 7.89. The van der Waals surface area contributed by atoms with Gasteiger partial charge in [-0.2, -0.15) is 4.31 Å². The van der Waals surface area contributed by atoms with Gasteiger partial charge in [-0.25, -0.2) is 26.0 Å². The summed E-state index contributed by atoms with van der Waals surface area (Å²) in [6, 6.07) is -0.672. The van der Waals surface area contributed by atoms with Gasteiger partial charge in [0.25, 0.3) is 0 Å². The van der Waals surface area contributed by atoms with Crippen LogP contribution in [0, 0.1) is 23.3 Å². The van der Waals surface area contributed by atoms with E-state index in [1.807, 2.05) is 0 Å². The van der Waals surface area contributed by atoms with Crippen LogP contribution in [0.15, 0.2) is 11.0 Å². The quantitative estimate of drug-likeness (QED) is 0.680. The molecule has 9 heteroatoms. The summed E-state index contributed by atoms with van der Waals surface area (Å²) in [5, 5.41) is 0. The molecule has 0 saturated carbocycles. The Bertz CT molecular complexity index is 625. The summed E-state index contributed by atoms with van der Waals surface area (Å²) >= 11 is 0. The molecule has 4 nitrogen and oxygen atoms in total. The predicted molar refractivity (Wildman–Crippen MR) is 66.9 cm³/mol. The molecule has 0 bridgehead atoms. The fourth-order valence-electron chi connectivity index (χ4n) is 2.42. The Balaban J connectivity index is 2.59. The average molecular weight is 326 g/mol. The third kappa shape index (κ3) is 2.77. The van der Waals surface area contributed by atoms with Gasteiger partial charge in [0, 0.05) is 25.2 Å². The molecule has 118 valence electrons. The molecule has 1 aromatic carbocycles. The number of nitrogens with zero attached hydrogens (tertiary/aromatic N) is 1. The van der Waals surface area contributed by atoms with E-state index in [4.69, 9.17) is 5.73 Å². The Morgan fingerprint density at radius 3 is 2.24 bits per heavy atom. The van der Waals surface area contributed by atoms with E-state index < -0.39 is 44.2 Å². The van der Waals surface area contributed by atoms with Gasteiger partial charge >= 0.3 is 0 Å². The number of nitrogens with two attached hydrogens (primary N) is 1. The molecule has 2 N–H and O–H groups in total. The van der Waals surface area contributed by atoms with Crippen LogP contribution in [-0.2, 0) is 10.0 Å². The van der Waals surface area contributed by atoms with Crippen molar-refractivity contribution >= 4 is 10.0 Å². The normalized spacial score (nSPS) is 20.7. The molecule has 2 rings (SSSR count). The van der Waals surface area contributed by atoms with E-state index in [-0.39, 0.29) is 19.2 Å². The Morgan fingerprint density at radius 2 is 1.71 bits per heavy atom. The van der Waals surface area contributed by atoms with Crippen molar-refractivity contribution < 1.29 is 26.0 Å². The van der Waals surface area contributed by atoms with Gasteiger partial charge in [-0.15, -0.1) is 0 Å². The third-order valence-electron chi connectivity index (χ3n) is 3.48. The first kappa shape index (κ1) is 16.2. The summed E-state index contributed by atoms with van der Waals surface area (Å²) in [5.41, 5.74) is 5.46. The second-order valence-corrected chi connectivity index (χ2v) is 6.63. The first-order valence-electron chi connectivity index (χ1n) is 6.35. The summed E-state index contributed by atoms with van der Waals surface area (Å²) in [4.78, 5) is -1.60. The minimum atomic E-state index is -4.71. The summed E-state index contributed by atoms with van der Waals surface area (Å²) in [5.74, 6) is -7.35. The molecule has 1 aliphatic heterocycles. The van der Waals surface area contributed by atoms with E-state index in [0.717, 1.165) is 10.7 Å². The van der Waals surface area contributed by atoms with E-state index >= 15 is 0 Å². The standard InChI is InChI=1S/C12H14F4N2O2S/c13-8-5-9(14)11(16)12(10(8)15)21(19,20)18-4-2-1-3-7(18)6-17/h5,7H,1-4,6,17H2. The van der Waals surface area contributed by atoms with Crippen molar-refractivity contribution in [3.8, 4) is 0 Å². The van der Waals surface area contributed by atoms with Crippen LogP contribution in [0.3, 0.4) is 0 Å². The molecule has 1 saturated heterocycles. The van der Waals surface area contributed by atoms with Crippen molar-refractivity contribution in [2.75, 3.05) is 13.1 Å². The van der Waals surface area contributed by atoms with E-state index in [2.05, 4.69) is 0 Å². The van der Waals surface area contributed by atoms with E-state index in [9.17, 15) is 26.0 Å². The maximum Gasteiger partial charge on any atom is 0.249 e. The van der Waals surface area contributed by atoms with Crippen molar-refractivity contribution in [3.63, 3.8) is 0 Å². The van der Waals surface area contributed by atoms with Crippen molar-refractivity contribution in [3.05, 3.63) is 29.3 Å². The molecule has 1 heterocycles. The number of piperidine rings is 1. The molecule has 1 fully saturated rings. The number of halogens is 4. The topological polar surface area (TPSA) is 63.4 Å². The van der Waals surface area contributed by atoms with Gasteiger partial charge in [0.2, 0.25) is 10.0 Å². The maximum absolute atomic E-state index is 13.7. The minimum absolute atomic E-state index is 0.00120. The lowest BCUT2D eigenvalue weighted by molar-refractivity contribution is 0.255. The molecular weight excluding hydrogens is 312 g/mol. The first-order valence-corrected chi connectivity index (χ1v) is 7.79. The zero-order chi connectivity index (χ0) is 15.8. The monoisotopic (exact) mass is 326 g/mol. The minimum Gasteiger partial charge on any atom is -0.329 e. The SMILES string of the molecule is NCC1CCCCN1S(=O)(=O)c1c(F)c(F)cc(F)c1F. The molecule has 0 spiro atoms. The Labute approximate surface area is 119 Å². The molecule has 1 unspecified atom stereocenters. The highest BCUT2D eigenvalue weighted by Gasteiger charge is 2.38. The van der Waals surface area contributed by atoms with E-state index in [1.165, 1.54) is 0 Å². The Morgan fingerprint density at radius 1 is 1.14 bits per heavy atom. The van der Waals surface area contributed by atoms with E-state index in [1.54, 1.807) is 0 Å². The van der Waals surface area contributed by atoms with Crippen LogP contribution < -0.4 is 5.73 Å². The van der Waals surface area contributed by atoms with Crippen molar-refractivity contribution in [2.24, 2.45) is 5.73 Å². The van der Waals surface area contributed by atoms with Gasteiger partial charge in [0.1, 0.15) is 0 Å². The van der Waals surface area contributed by atoms with Crippen LogP contribution in [0.25, 0.3) is 0 Å². The molecule has 0 amide bonds. The molecule has 0 aliphatic carbocycles. The number of hydrogen-bond acceptors (Lipinski definition) is 3. The van der Waals surface area contributed by atoms with Gasteiger partial charge in [0.05, 0.1) is 0 Å². The summed E-state index contributed by atoms with van der Waals surface area (Å²) in [6.07, 6.45) is 1.63. The Hall–Kier alpha value is -1.19. The fraction of sp³-hybridized carbons (Fsp3) is 0.500. The highest BCUT2D eigenvalue weighted by Crippen LogP contribution is 2.30. The zero-order valence-corrected chi connectivity index (χ0v) is 11.8. The molecule has 21 heavy (non-hydrogen) atoms. The zero-order valence-electron chi connectivity index (χ0n) is 11.0. The number of sulfonamides is 1. The molecule has 0 radical (unpaired) electrons. The van der Waals surface area contributed by atoms with Crippen LogP contribution in [0.2, 0.25) is 0 Å². The number of rotatable bonds is 3. The van der Waals surface area contributed by atoms with Crippen molar-refractivity contribution in [1.29, 1.82) is 0 Å². The molecule has 1 aliphatic rings. The number of hydrogen-bond donors (Lipinski definition) is 1. The average Bonchev–Trinajstić information content (AvgIpc) is 2.45. The molecule has 1 aromatic rings. The summed E-state index contributed by atoms with van der Waals surface area (Å²) < 4.78 is 79.4. The number of benzene rings is 1. The molecular formula is C12H14F4N2O2S. The summed E-state index contributed by atoms with van der Waals surface area (Å²) in [7, 11) is -4.71. The fourth-order valence-corrected chi connectivity index (χ4v) is 4.26. The first-order chi connectivity index (χ1) is 9.80. The molecule has 1 atom stereocenters. The second-order valence-electron chi connectivity index (χ2n) is 4.80. The van der Waals surface area contributed by atoms with Crippen LogP contribution in [-0.4, -0.2) is 31.9 Å². The van der Waals surface area contributed by atoms with Crippen LogP contribution >= 0.6 is 0 Å². The largest absolute Gasteiger partial charge is 0.329 e. The smallest absolute Gasteiger partial charge is 0.249 e. The third-order valence-corrected chi connectivity index (χ3v) is 5.46. The van der Waals surface area contributed by atoms with Gasteiger partial charge in [-0.1, -0.05) is 6.42 Å². The lowest BCUT2D eigenvalue weighted by Gasteiger charge is -2.34. The van der Waals surface area contributed by atoms with Crippen LogP contribution in [0.1, 0.15) is 19.3 Å². The lowest BCUT2D eigenvalue weighted by Crippen LogP contribution is -2.47. The molecule has 0 aromatic heterocycles. The highest BCUT2D eigenvalue weighted by atomic mass is 32.2. The Kier molecular flexibility index (Phi) is 4.54. The van der Waals surface area contributed by atoms with Crippen LogP contribution in [0.4, 0.5) is 17.6 Å². The van der Waals surface area contributed by atoms with Gasteiger partial charge < -0.3 is 5.73 Å². The van der Waals surface area contributed by atoms with Gasteiger partial charge in [-0.05, 0) is 12.8 Å². The van der Waals surface area contributed by atoms with Crippen LogP contribution in [0.5, 0.6) is 0 Å². The van der Waals surface area contributed by atoms with Crippen molar-refractivity contribution in [1.82, 2.24) is 4.31 Å². The predicted octanol–water partition coefficient (Wildman–Crippen LogP) is 1.74. The van der Waals surface area contributed by atoms with Gasteiger partial charge in [0.15, 0.2) is 28.2 Å². The summed E-state index contributed by atoms with van der Waals surface area (Å²) in [6.45, 7) is -0.0402.